The number of fused-ring (bicyclic) bond motifs is 1. The quantitative estimate of drug-likeness (QED) is 0.262. The summed E-state index contributed by atoms with van der Waals surface area (Å²) in [6, 6.07) is 4.42. The van der Waals surface area contributed by atoms with Crippen molar-refractivity contribution in [3.63, 3.8) is 0 Å². The van der Waals surface area contributed by atoms with Gasteiger partial charge in [-0.05, 0) is 31.4 Å². The van der Waals surface area contributed by atoms with E-state index in [9.17, 15) is 30.3 Å². The lowest BCUT2D eigenvalue weighted by molar-refractivity contribution is -0.405. The van der Waals surface area contributed by atoms with Crippen molar-refractivity contribution in [1.82, 2.24) is 0 Å². The number of hydrogen-bond acceptors (Lipinski definition) is 9. The van der Waals surface area contributed by atoms with Gasteiger partial charge in [0, 0.05) is 24.7 Å². The van der Waals surface area contributed by atoms with Gasteiger partial charge in [-0.1, -0.05) is 0 Å². The molecular formula is C18H25NO9. The molecule has 0 bridgehead atoms. The van der Waals surface area contributed by atoms with Gasteiger partial charge in [0.1, 0.15) is 11.9 Å². The Hall–Kier alpha value is -1.79. The Morgan fingerprint density at radius 1 is 1.32 bits per heavy atom. The zero-order valence-electron chi connectivity index (χ0n) is 15.2. The van der Waals surface area contributed by atoms with Gasteiger partial charge in [0.15, 0.2) is 6.29 Å². The normalized spacial score (nSPS) is 24.4. The van der Waals surface area contributed by atoms with Gasteiger partial charge in [-0.3, -0.25) is 9.53 Å². The van der Waals surface area contributed by atoms with E-state index < -0.39 is 36.5 Å². The Labute approximate surface area is 161 Å². The molecule has 2 atom stereocenters. The van der Waals surface area contributed by atoms with E-state index in [1.807, 2.05) is 0 Å². The molecule has 0 radical (unpaired) electrons. The maximum atomic E-state index is 11.5. The van der Waals surface area contributed by atoms with Crippen LogP contribution in [0.15, 0.2) is 18.2 Å². The van der Waals surface area contributed by atoms with Crippen molar-refractivity contribution in [3.8, 4) is 5.75 Å². The third kappa shape index (κ3) is 5.17. The molecule has 2 aliphatic rings. The van der Waals surface area contributed by atoms with Crippen LogP contribution in [-0.4, -0.2) is 63.0 Å². The van der Waals surface area contributed by atoms with Gasteiger partial charge in [-0.2, -0.15) is 0 Å². The molecule has 156 valence electrons. The number of aliphatic hydroxyl groups excluding tert-OH is 1. The molecule has 2 aliphatic heterocycles. The highest BCUT2D eigenvalue weighted by Crippen LogP contribution is 2.36. The molecule has 0 spiro atoms. The Morgan fingerprint density at radius 2 is 2.11 bits per heavy atom. The molecule has 0 aliphatic carbocycles. The third-order valence-corrected chi connectivity index (χ3v) is 4.56. The van der Waals surface area contributed by atoms with Gasteiger partial charge in [-0.25, -0.2) is 0 Å². The molecule has 10 heteroatoms. The largest absolute Gasteiger partial charge is 0.494 e. The van der Waals surface area contributed by atoms with Crippen LogP contribution in [0, 0.1) is 0 Å². The van der Waals surface area contributed by atoms with Gasteiger partial charge >= 0.3 is 0 Å². The number of aliphatic hydroxyl groups is 5. The molecule has 3 rings (SSSR count). The molecule has 0 saturated carbocycles. The first-order valence-electron chi connectivity index (χ1n) is 9.10. The summed E-state index contributed by atoms with van der Waals surface area (Å²) in [6.45, 7) is 0.481. The van der Waals surface area contributed by atoms with Crippen LogP contribution in [0.5, 0.6) is 5.75 Å². The molecule has 28 heavy (non-hydrogen) atoms. The number of anilines is 1. The zero-order chi connectivity index (χ0) is 20.4. The SMILES string of the molecule is O=C1CC(O)(O)c2ccc(OCCCC(O)(O)OC3OCCCC3O)cc2N1. The van der Waals surface area contributed by atoms with Crippen LogP contribution in [0.3, 0.4) is 0 Å². The molecule has 1 aromatic rings. The van der Waals surface area contributed by atoms with E-state index in [0.717, 1.165) is 0 Å². The maximum absolute atomic E-state index is 11.5. The highest BCUT2D eigenvalue weighted by atomic mass is 16.8. The van der Waals surface area contributed by atoms with Gasteiger partial charge in [-0.15, -0.1) is 0 Å². The number of rotatable bonds is 7. The van der Waals surface area contributed by atoms with Crippen LogP contribution in [0.25, 0.3) is 0 Å². The van der Waals surface area contributed by atoms with E-state index in [1.165, 1.54) is 18.2 Å². The van der Waals surface area contributed by atoms with Crippen molar-refractivity contribution in [1.29, 1.82) is 0 Å². The highest BCUT2D eigenvalue weighted by Gasteiger charge is 2.37. The standard InChI is InChI=1S/C18H25NO9/c20-14-3-1-7-27-16(14)28-18(24,25)6-2-8-26-11-4-5-12-13(9-11)19-15(21)10-17(12,22)23/h4-5,9,14,16,20,22-25H,1-3,6-8,10H2,(H,19,21). The summed E-state index contributed by atoms with van der Waals surface area (Å²) >= 11 is 0. The first-order chi connectivity index (χ1) is 13.2. The molecule has 1 amide bonds. The second-order valence-electron chi connectivity index (χ2n) is 7.01. The predicted molar refractivity (Wildman–Crippen MR) is 93.8 cm³/mol. The smallest absolute Gasteiger partial charge is 0.280 e. The van der Waals surface area contributed by atoms with Crippen molar-refractivity contribution in [2.45, 2.75) is 56.3 Å². The van der Waals surface area contributed by atoms with Gasteiger partial charge in [0.2, 0.25) is 11.7 Å². The van der Waals surface area contributed by atoms with Gasteiger partial charge in [0.25, 0.3) is 5.97 Å². The Balaban J connectivity index is 1.48. The van der Waals surface area contributed by atoms with Crippen molar-refractivity contribution in [2.24, 2.45) is 0 Å². The Morgan fingerprint density at radius 3 is 2.86 bits per heavy atom. The summed E-state index contributed by atoms with van der Waals surface area (Å²) in [6.07, 6.45) is -1.30. The summed E-state index contributed by atoms with van der Waals surface area (Å²) in [5, 5.41) is 51.9. The van der Waals surface area contributed by atoms with E-state index in [-0.39, 0.29) is 30.7 Å². The first-order valence-corrected chi connectivity index (χ1v) is 9.10. The monoisotopic (exact) mass is 399 g/mol. The lowest BCUT2D eigenvalue weighted by atomic mass is 9.96. The average molecular weight is 399 g/mol. The van der Waals surface area contributed by atoms with E-state index in [0.29, 0.717) is 25.2 Å². The number of ether oxygens (including phenoxy) is 3. The van der Waals surface area contributed by atoms with E-state index in [2.05, 4.69) is 5.32 Å². The predicted octanol–water partition coefficient (Wildman–Crippen LogP) is -0.522. The fourth-order valence-electron chi connectivity index (χ4n) is 3.17. The molecule has 1 saturated heterocycles. The number of amides is 1. The third-order valence-electron chi connectivity index (χ3n) is 4.56. The molecular weight excluding hydrogens is 374 g/mol. The van der Waals surface area contributed by atoms with E-state index in [1.54, 1.807) is 0 Å². The topological polar surface area (TPSA) is 158 Å². The highest BCUT2D eigenvalue weighted by molar-refractivity contribution is 5.95. The molecule has 0 aromatic heterocycles. The minimum Gasteiger partial charge on any atom is -0.494 e. The summed E-state index contributed by atoms with van der Waals surface area (Å²) in [5.41, 5.74) is 0.410. The fraction of sp³-hybridized carbons (Fsp3) is 0.611. The minimum atomic E-state index is -2.47. The molecule has 1 fully saturated rings. The summed E-state index contributed by atoms with van der Waals surface area (Å²) < 4.78 is 15.7. The number of benzene rings is 1. The molecule has 6 N–H and O–H groups in total. The van der Waals surface area contributed by atoms with Crippen LogP contribution < -0.4 is 10.1 Å². The second-order valence-corrected chi connectivity index (χ2v) is 7.01. The van der Waals surface area contributed by atoms with Gasteiger partial charge in [0.05, 0.1) is 18.7 Å². The lowest BCUT2D eigenvalue weighted by Gasteiger charge is -2.33. The van der Waals surface area contributed by atoms with Crippen molar-refractivity contribution in [3.05, 3.63) is 23.8 Å². The lowest BCUT2D eigenvalue weighted by Crippen LogP contribution is -2.45. The van der Waals surface area contributed by atoms with Crippen LogP contribution >= 0.6 is 0 Å². The zero-order valence-corrected chi connectivity index (χ0v) is 15.2. The Bertz CT molecular complexity index is 706. The summed E-state index contributed by atoms with van der Waals surface area (Å²) in [4.78, 5) is 11.5. The minimum absolute atomic E-state index is 0.108. The molecule has 10 nitrogen and oxygen atoms in total. The molecule has 2 heterocycles. The van der Waals surface area contributed by atoms with Crippen LogP contribution in [0.1, 0.15) is 37.7 Å². The fourth-order valence-corrected chi connectivity index (χ4v) is 3.17. The average Bonchev–Trinajstić information content (AvgIpc) is 2.59. The van der Waals surface area contributed by atoms with Crippen LogP contribution in [0.2, 0.25) is 0 Å². The van der Waals surface area contributed by atoms with Crippen molar-refractivity contribution in [2.75, 3.05) is 18.5 Å². The van der Waals surface area contributed by atoms with Crippen LogP contribution in [0.4, 0.5) is 5.69 Å². The first kappa shape index (κ1) is 20.9. The summed E-state index contributed by atoms with van der Waals surface area (Å²) in [5.74, 6) is -4.86. The van der Waals surface area contributed by atoms with Crippen molar-refractivity contribution >= 4 is 11.6 Å². The Kier molecular flexibility index (Phi) is 6.20. The summed E-state index contributed by atoms with van der Waals surface area (Å²) in [7, 11) is 0. The van der Waals surface area contributed by atoms with Crippen LogP contribution in [-0.2, 0) is 20.1 Å². The second kappa shape index (κ2) is 8.29. The van der Waals surface area contributed by atoms with E-state index >= 15 is 0 Å². The number of nitrogens with one attached hydrogen (secondary N) is 1. The maximum Gasteiger partial charge on any atom is 0.280 e. The molecule has 1 aromatic carbocycles. The van der Waals surface area contributed by atoms with E-state index in [4.69, 9.17) is 14.2 Å². The van der Waals surface area contributed by atoms with Crippen molar-refractivity contribution < 1.29 is 44.5 Å². The number of carbonyl (C=O) groups is 1. The van der Waals surface area contributed by atoms with Gasteiger partial charge < -0.3 is 40.3 Å². The molecule has 2 unspecified atom stereocenters. The number of hydrogen-bond donors (Lipinski definition) is 6. The number of carbonyl (C=O) groups excluding carboxylic acids is 1.